The molecule has 20 heavy (non-hydrogen) atoms. The van der Waals surface area contributed by atoms with Crippen molar-refractivity contribution in [1.29, 1.82) is 0 Å². The van der Waals surface area contributed by atoms with Gasteiger partial charge in [0.05, 0.1) is 6.04 Å². The van der Waals surface area contributed by atoms with Crippen LogP contribution in [-0.4, -0.2) is 21.1 Å². The first kappa shape index (κ1) is 14.3. The van der Waals surface area contributed by atoms with Gasteiger partial charge in [0.25, 0.3) is 5.91 Å². The first-order valence-corrected chi connectivity index (χ1v) is 6.57. The zero-order chi connectivity index (χ0) is 14.7. The summed E-state index contributed by atoms with van der Waals surface area (Å²) in [6.07, 6.45) is 0. The summed E-state index contributed by atoms with van der Waals surface area (Å²) in [6, 6.07) is 7.06. The zero-order valence-electron chi connectivity index (χ0n) is 11.1. The van der Waals surface area contributed by atoms with Gasteiger partial charge in [-0.3, -0.25) is 9.78 Å². The molecule has 106 valence electrons. The molecule has 0 bridgehead atoms. The molecule has 2 aromatic rings. The predicted octanol–water partition coefficient (Wildman–Crippen LogP) is 1.88. The topological polar surface area (TPSA) is 90.6 Å². The van der Waals surface area contributed by atoms with Crippen LogP contribution in [0.2, 0.25) is 5.02 Å². The van der Waals surface area contributed by atoms with Crippen molar-refractivity contribution in [2.24, 2.45) is 5.92 Å². The van der Waals surface area contributed by atoms with Crippen LogP contribution in [0.5, 0.6) is 0 Å². The van der Waals surface area contributed by atoms with Crippen molar-refractivity contribution < 1.29 is 4.79 Å². The van der Waals surface area contributed by atoms with Gasteiger partial charge in [-0.1, -0.05) is 43.6 Å². The third-order valence-corrected chi connectivity index (χ3v) is 3.25. The van der Waals surface area contributed by atoms with Gasteiger partial charge < -0.3 is 5.32 Å². The third kappa shape index (κ3) is 3.08. The Morgan fingerprint density at radius 2 is 2.05 bits per heavy atom. The molecule has 2 rings (SSSR count). The van der Waals surface area contributed by atoms with Gasteiger partial charge in [-0.2, -0.15) is 0 Å². The summed E-state index contributed by atoms with van der Waals surface area (Å²) in [6.45, 7) is 3.95. The Hall–Kier alpha value is -2.08. The highest BCUT2D eigenvalue weighted by Gasteiger charge is 2.22. The van der Waals surface area contributed by atoms with E-state index in [0.717, 1.165) is 5.56 Å². The lowest BCUT2D eigenvalue weighted by molar-refractivity contribution is 0.0915. The van der Waals surface area contributed by atoms with E-state index >= 15 is 0 Å². The average Bonchev–Trinajstić information content (AvgIpc) is 2.83. The van der Waals surface area contributed by atoms with Crippen LogP contribution in [0.15, 0.2) is 29.1 Å². The fourth-order valence-corrected chi connectivity index (χ4v) is 2.17. The van der Waals surface area contributed by atoms with Crippen LogP contribution in [0.4, 0.5) is 0 Å². The number of halogens is 1. The second kappa shape index (κ2) is 5.92. The molecule has 0 aliphatic heterocycles. The maximum absolute atomic E-state index is 12.1. The number of aromatic amines is 2. The highest BCUT2D eigenvalue weighted by Crippen LogP contribution is 2.28. The molecule has 7 heteroatoms. The number of aromatic nitrogens is 3. The summed E-state index contributed by atoms with van der Waals surface area (Å²) >= 11 is 6.17. The molecule has 0 aliphatic rings. The normalized spacial score (nSPS) is 12.4. The highest BCUT2D eigenvalue weighted by molar-refractivity contribution is 6.31. The van der Waals surface area contributed by atoms with E-state index < -0.39 is 11.6 Å². The Morgan fingerprint density at radius 3 is 2.60 bits per heavy atom. The molecule has 0 saturated heterocycles. The fraction of sp³-hybridized carbons (Fsp3) is 0.308. The molecule has 0 saturated carbocycles. The van der Waals surface area contributed by atoms with Gasteiger partial charge in [-0.05, 0) is 17.5 Å². The molecule has 0 aliphatic carbocycles. The van der Waals surface area contributed by atoms with Crippen LogP contribution in [0.25, 0.3) is 0 Å². The lowest BCUT2D eigenvalue weighted by atomic mass is 9.96. The minimum atomic E-state index is -0.519. The van der Waals surface area contributed by atoms with E-state index in [-0.39, 0.29) is 17.8 Å². The molecule has 0 radical (unpaired) electrons. The summed E-state index contributed by atoms with van der Waals surface area (Å²) in [5.41, 5.74) is 0.310. The van der Waals surface area contributed by atoms with Crippen LogP contribution < -0.4 is 11.0 Å². The van der Waals surface area contributed by atoms with Crippen molar-refractivity contribution in [3.8, 4) is 0 Å². The molecule has 1 atom stereocenters. The lowest BCUT2D eigenvalue weighted by Gasteiger charge is -2.23. The molecule has 1 aromatic carbocycles. The SMILES string of the molecule is CC(C)[C@@H](NC(=O)c1n[nH]c(=O)[nH]1)c1ccccc1Cl. The van der Waals surface area contributed by atoms with Crippen molar-refractivity contribution in [2.75, 3.05) is 0 Å². The standard InChI is InChI=1S/C13H15ClN4O2/c1-7(2)10(8-5-3-4-6-9(8)14)15-12(19)11-16-13(20)18-17-11/h3-7,10H,1-2H3,(H,15,19)(H2,16,17,18,20)/t10-/m1/s1. The Morgan fingerprint density at radius 1 is 1.35 bits per heavy atom. The predicted molar refractivity (Wildman–Crippen MR) is 75.7 cm³/mol. The number of hydrogen-bond donors (Lipinski definition) is 3. The van der Waals surface area contributed by atoms with Crippen LogP contribution >= 0.6 is 11.6 Å². The second-order valence-corrected chi connectivity index (χ2v) is 5.15. The molecular weight excluding hydrogens is 280 g/mol. The molecule has 0 fully saturated rings. The molecule has 1 aromatic heterocycles. The smallest absolute Gasteiger partial charge is 0.341 e. The number of rotatable bonds is 4. The van der Waals surface area contributed by atoms with Crippen LogP contribution in [0.1, 0.15) is 36.1 Å². The number of nitrogens with one attached hydrogen (secondary N) is 3. The van der Waals surface area contributed by atoms with E-state index in [0.29, 0.717) is 5.02 Å². The molecule has 6 nitrogen and oxygen atoms in total. The number of H-pyrrole nitrogens is 2. The number of nitrogens with zero attached hydrogens (tertiary/aromatic N) is 1. The van der Waals surface area contributed by atoms with Crippen LogP contribution in [0, 0.1) is 5.92 Å². The van der Waals surface area contributed by atoms with Gasteiger partial charge in [-0.25, -0.2) is 9.89 Å². The summed E-state index contributed by atoms with van der Waals surface area (Å²) in [7, 11) is 0. The van der Waals surface area contributed by atoms with Crippen molar-refractivity contribution >= 4 is 17.5 Å². The summed E-state index contributed by atoms with van der Waals surface area (Å²) in [5.74, 6) is -0.376. The maximum atomic E-state index is 12.1. The molecule has 0 unspecified atom stereocenters. The van der Waals surface area contributed by atoms with Crippen molar-refractivity contribution in [3.63, 3.8) is 0 Å². The minimum absolute atomic E-state index is 0.0484. The van der Waals surface area contributed by atoms with Crippen molar-refractivity contribution in [2.45, 2.75) is 19.9 Å². The van der Waals surface area contributed by atoms with Gasteiger partial charge in [0.1, 0.15) is 0 Å². The summed E-state index contributed by atoms with van der Waals surface area (Å²) < 4.78 is 0. The maximum Gasteiger partial charge on any atom is 0.341 e. The fourth-order valence-electron chi connectivity index (χ4n) is 1.92. The van der Waals surface area contributed by atoms with Crippen LogP contribution in [-0.2, 0) is 0 Å². The Bertz CT molecular complexity index is 662. The van der Waals surface area contributed by atoms with Crippen molar-refractivity contribution in [1.82, 2.24) is 20.5 Å². The van der Waals surface area contributed by atoms with Gasteiger partial charge >= 0.3 is 5.69 Å². The van der Waals surface area contributed by atoms with Gasteiger partial charge in [0, 0.05) is 5.02 Å². The van der Waals surface area contributed by atoms with Crippen LogP contribution in [0.3, 0.4) is 0 Å². The van der Waals surface area contributed by atoms with E-state index in [9.17, 15) is 9.59 Å². The molecule has 3 N–H and O–H groups in total. The highest BCUT2D eigenvalue weighted by atomic mass is 35.5. The van der Waals surface area contributed by atoms with Gasteiger partial charge in [-0.15, -0.1) is 5.10 Å². The van der Waals surface area contributed by atoms with E-state index in [1.165, 1.54) is 0 Å². The summed E-state index contributed by atoms with van der Waals surface area (Å²) in [5, 5.41) is 9.17. The molecule has 1 heterocycles. The average molecular weight is 295 g/mol. The monoisotopic (exact) mass is 294 g/mol. The first-order chi connectivity index (χ1) is 9.49. The quantitative estimate of drug-likeness (QED) is 0.804. The second-order valence-electron chi connectivity index (χ2n) is 4.74. The minimum Gasteiger partial charge on any atom is -0.342 e. The molecular formula is C13H15ClN4O2. The Balaban J connectivity index is 2.25. The number of benzene rings is 1. The number of hydrogen-bond acceptors (Lipinski definition) is 3. The lowest BCUT2D eigenvalue weighted by Crippen LogP contribution is -2.32. The van der Waals surface area contributed by atoms with E-state index in [4.69, 9.17) is 11.6 Å². The first-order valence-electron chi connectivity index (χ1n) is 6.19. The number of carbonyl (C=O) groups is 1. The summed E-state index contributed by atoms with van der Waals surface area (Å²) in [4.78, 5) is 25.3. The van der Waals surface area contributed by atoms with E-state index in [1.807, 2.05) is 32.0 Å². The number of amides is 1. The largest absolute Gasteiger partial charge is 0.342 e. The Labute approximate surface area is 120 Å². The molecule has 0 spiro atoms. The third-order valence-electron chi connectivity index (χ3n) is 2.91. The molecule has 1 amide bonds. The van der Waals surface area contributed by atoms with Gasteiger partial charge in [0.15, 0.2) is 0 Å². The zero-order valence-corrected chi connectivity index (χ0v) is 11.9. The number of carbonyl (C=O) groups excluding carboxylic acids is 1. The van der Waals surface area contributed by atoms with Crippen molar-refractivity contribution in [3.05, 3.63) is 51.2 Å². The van der Waals surface area contributed by atoms with E-state index in [1.54, 1.807) is 6.07 Å². The van der Waals surface area contributed by atoms with E-state index in [2.05, 4.69) is 20.5 Å². The van der Waals surface area contributed by atoms with Gasteiger partial charge in [0.2, 0.25) is 5.82 Å². The Kier molecular flexibility index (Phi) is 4.24.